The summed E-state index contributed by atoms with van der Waals surface area (Å²) in [6, 6.07) is -0.402. The van der Waals surface area contributed by atoms with Crippen LogP contribution in [-0.4, -0.2) is 31.6 Å². The van der Waals surface area contributed by atoms with Gasteiger partial charge in [-0.2, -0.15) is 0 Å². The van der Waals surface area contributed by atoms with Crippen LogP contribution in [0.15, 0.2) is 0 Å². The second-order valence-electron chi connectivity index (χ2n) is 4.57. The number of hydrogen-bond acceptors (Lipinski definition) is 3. The zero-order valence-electron chi connectivity index (χ0n) is 9.10. The molecule has 0 saturated carbocycles. The molecule has 4 nitrogen and oxygen atoms in total. The van der Waals surface area contributed by atoms with E-state index in [1.165, 1.54) is 0 Å². The van der Waals surface area contributed by atoms with Crippen molar-refractivity contribution in [3.05, 3.63) is 0 Å². The predicted octanol–water partition coefficient (Wildman–Crippen LogP) is -0.161. The molecule has 4 heteroatoms. The van der Waals surface area contributed by atoms with Crippen molar-refractivity contribution in [3.8, 4) is 0 Å². The summed E-state index contributed by atoms with van der Waals surface area (Å²) in [7, 11) is 0. The van der Waals surface area contributed by atoms with Crippen LogP contribution in [0.2, 0.25) is 0 Å². The lowest BCUT2D eigenvalue weighted by Crippen LogP contribution is -2.46. The summed E-state index contributed by atoms with van der Waals surface area (Å²) < 4.78 is 0. The van der Waals surface area contributed by atoms with Crippen LogP contribution in [0.4, 0.5) is 0 Å². The number of nitrogens with two attached hydrogens (primary N) is 1. The van der Waals surface area contributed by atoms with Gasteiger partial charge in [-0.1, -0.05) is 6.92 Å². The Morgan fingerprint density at radius 2 is 2.14 bits per heavy atom. The number of hydrogen-bond donors (Lipinski definition) is 3. The van der Waals surface area contributed by atoms with Gasteiger partial charge in [-0.05, 0) is 38.3 Å². The highest BCUT2D eigenvalue weighted by atomic mass is 16.2. The largest absolute Gasteiger partial charge is 0.354 e. The Hall–Kier alpha value is -0.610. The van der Waals surface area contributed by atoms with E-state index in [1.54, 1.807) is 6.92 Å². The summed E-state index contributed by atoms with van der Waals surface area (Å²) in [5, 5.41) is 6.21. The van der Waals surface area contributed by atoms with Crippen LogP contribution in [-0.2, 0) is 4.79 Å². The van der Waals surface area contributed by atoms with E-state index in [2.05, 4.69) is 17.6 Å². The third-order valence-electron chi connectivity index (χ3n) is 2.91. The van der Waals surface area contributed by atoms with Gasteiger partial charge in [0.1, 0.15) is 0 Å². The normalized spacial score (nSPS) is 22.8. The molecule has 0 bridgehead atoms. The molecular weight excluding hydrogens is 178 g/mol. The molecule has 1 atom stereocenters. The highest BCUT2D eigenvalue weighted by molar-refractivity contribution is 5.80. The average molecular weight is 199 g/mol. The van der Waals surface area contributed by atoms with Crippen molar-refractivity contribution < 1.29 is 4.79 Å². The van der Waals surface area contributed by atoms with Crippen molar-refractivity contribution in [2.45, 2.75) is 32.7 Å². The van der Waals surface area contributed by atoms with Gasteiger partial charge in [0.25, 0.3) is 0 Å². The Morgan fingerprint density at radius 1 is 1.57 bits per heavy atom. The van der Waals surface area contributed by atoms with E-state index in [9.17, 15) is 4.79 Å². The summed E-state index contributed by atoms with van der Waals surface area (Å²) in [6.45, 7) is 6.76. The highest BCUT2D eigenvalue weighted by Crippen LogP contribution is 2.26. The monoisotopic (exact) mass is 199 g/mol. The number of carbonyl (C=O) groups excluding carboxylic acids is 1. The van der Waals surface area contributed by atoms with Gasteiger partial charge in [-0.15, -0.1) is 0 Å². The quantitative estimate of drug-likeness (QED) is 0.591. The minimum Gasteiger partial charge on any atom is -0.354 e. The Bertz CT molecular complexity index is 198. The first kappa shape index (κ1) is 11.5. The molecule has 0 unspecified atom stereocenters. The molecule has 1 amide bonds. The molecule has 1 fully saturated rings. The molecule has 14 heavy (non-hydrogen) atoms. The number of carbonyl (C=O) groups is 1. The first-order chi connectivity index (χ1) is 6.53. The van der Waals surface area contributed by atoms with Crippen molar-refractivity contribution in [1.82, 2.24) is 10.6 Å². The van der Waals surface area contributed by atoms with Crippen LogP contribution < -0.4 is 16.4 Å². The summed E-state index contributed by atoms with van der Waals surface area (Å²) in [5.41, 5.74) is 5.72. The maximum Gasteiger partial charge on any atom is 0.236 e. The topological polar surface area (TPSA) is 67.2 Å². The van der Waals surface area contributed by atoms with Gasteiger partial charge in [0.2, 0.25) is 5.91 Å². The number of nitrogens with one attached hydrogen (secondary N) is 2. The second kappa shape index (κ2) is 4.75. The molecule has 82 valence electrons. The van der Waals surface area contributed by atoms with Crippen LogP contribution in [0.5, 0.6) is 0 Å². The zero-order chi connectivity index (χ0) is 10.6. The SMILES string of the molecule is C[C@H](N)C(=O)NCC1(C)CCNCC1. The van der Waals surface area contributed by atoms with Crippen LogP contribution in [0.3, 0.4) is 0 Å². The maximum absolute atomic E-state index is 11.3. The number of rotatable bonds is 3. The van der Waals surface area contributed by atoms with E-state index >= 15 is 0 Å². The van der Waals surface area contributed by atoms with E-state index in [0.29, 0.717) is 0 Å². The first-order valence-corrected chi connectivity index (χ1v) is 5.27. The lowest BCUT2D eigenvalue weighted by atomic mass is 9.81. The molecule has 4 N–H and O–H groups in total. The lowest BCUT2D eigenvalue weighted by molar-refractivity contribution is -0.122. The molecule has 1 rings (SSSR count). The van der Waals surface area contributed by atoms with Gasteiger partial charge >= 0.3 is 0 Å². The molecule has 1 saturated heterocycles. The minimum atomic E-state index is -0.402. The van der Waals surface area contributed by atoms with E-state index in [0.717, 1.165) is 32.5 Å². The van der Waals surface area contributed by atoms with E-state index in [1.807, 2.05) is 0 Å². The van der Waals surface area contributed by atoms with Crippen LogP contribution in [0.1, 0.15) is 26.7 Å². The molecule has 0 aromatic carbocycles. The summed E-state index contributed by atoms with van der Waals surface area (Å²) in [5.74, 6) is -0.0512. The smallest absolute Gasteiger partial charge is 0.236 e. The standard InChI is InChI=1S/C10H21N3O/c1-8(11)9(14)13-7-10(2)3-5-12-6-4-10/h8,12H,3-7,11H2,1-2H3,(H,13,14)/t8-/m0/s1. The lowest BCUT2D eigenvalue weighted by Gasteiger charge is -2.34. The fourth-order valence-corrected chi connectivity index (χ4v) is 1.67. The van der Waals surface area contributed by atoms with Gasteiger partial charge in [0, 0.05) is 6.54 Å². The van der Waals surface area contributed by atoms with Gasteiger partial charge in [-0.3, -0.25) is 4.79 Å². The van der Waals surface area contributed by atoms with Crippen molar-refractivity contribution in [2.75, 3.05) is 19.6 Å². The summed E-state index contributed by atoms with van der Waals surface area (Å²) >= 11 is 0. The molecular formula is C10H21N3O. The fraction of sp³-hybridized carbons (Fsp3) is 0.900. The molecule has 1 heterocycles. The minimum absolute atomic E-state index is 0.0512. The van der Waals surface area contributed by atoms with E-state index in [-0.39, 0.29) is 11.3 Å². The van der Waals surface area contributed by atoms with Crippen LogP contribution in [0, 0.1) is 5.41 Å². The Morgan fingerprint density at radius 3 is 2.64 bits per heavy atom. The van der Waals surface area contributed by atoms with E-state index < -0.39 is 6.04 Å². The van der Waals surface area contributed by atoms with Gasteiger partial charge < -0.3 is 16.4 Å². The average Bonchev–Trinajstić information content (AvgIpc) is 2.15. The molecule has 0 aromatic heterocycles. The molecule has 0 radical (unpaired) electrons. The van der Waals surface area contributed by atoms with Crippen molar-refractivity contribution >= 4 is 5.91 Å². The maximum atomic E-state index is 11.3. The van der Waals surface area contributed by atoms with Gasteiger partial charge in [-0.25, -0.2) is 0 Å². The Balaban J connectivity index is 2.32. The molecule has 0 aromatic rings. The third-order valence-corrected chi connectivity index (χ3v) is 2.91. The Labute approximate surface area is 85.6 Å². The van der Waals surface area contributed by atoms with E-state index in [4.69, 9.17) is 5.73 Å². The van der Waals surface area contributed by atoms with Gasteiger partial charge in [0.15, 0.2) is 0 Å². The van der Waals surface area contributed by atoms with Crippen molar-refractivity contribution in [2.24, 2.45) is 11.1 Å². The second-order valence-corrected chi connectivity index (χ2v) is 4.57. The third kappa shape index (κ3) is 3.27. The molecule has 0 spiro atoms. The summed E-state index contributed by atoms with van der Waals surface area (Å²) in [6.07, 6.45) is 2.23. The molecule has 0 aliphatic carbocycles. The predicted molar refractivity (Wildman–Crippen MR) is 56.9 cm³/mol. The van der Waals surface area contributed by atoms with Crippen molar-refractivity contribution in [3.63, 3.8) is 0 Å². The molecule has 1 aliphatic rings. The molecule has 1 aliphatic heterocycles. The summed E-state index contributed by atoms with van der Waals surface area (Å²) in [4.78, 5) is 11.3. The van der Waals surface area contributed by atoms with Crippen molar-refractivity contribution in [1.29, 1.82) is 0 Å². The first-order valence-electron chi connectivity index (χ1n) is 5.27. The fourth-order valence-electron chi connectivity index (χ4n) is 1.67. The number of piperidine rings is 1. The number of amides is 1. The van der Waals surface area contributed by atoms with Crippen LogP contribution in [0.25, 0.3) is 0 Å². The Kier molecular flexibility index (Phi) is 3.89. The van der Waals surface area contributed by atoms with Gasteiger partial charge in [0.05, 0.1) is 6.04 Å². The van der Waals surface area contributed by atoms with Crippen LogP contribution >= 0.6 is 0 Å². The zero-order valence-corrected chi connectivity index (χ0v) is 9.10. The highest BCUT2D eigenvalue weighted by Gasteiger charge is 2.27.